The Balaban J connectivity index is 3.17. The van der Waals surface area contributed by atoms with Crippen molar-refractivity contribution in [2.75, 3.05) is 0 Å². The Hall–Kier alpha value is -0.785. The highest BCUT2D eigenvalue weighted by Gasteiger charge is 1.82. The third-order valence-corrected chi connectivity index (χ3v) is 0.937. The monoisotopic (exact) mass is 106 g/mol. The van der Waals surface area contributed by atoms with Gasteiger partial charge in [0.25, 0.3) is 0 Å². The van der Waals surface area contributed by atoms with E-state index in [-0.39, 0.29) is 0 Å². The van der Waals surface area contributed by atoms with Gasteiger partial charge in [-0.1, -0.05) is 12.1 Å². The predicted molar refractivity (Wildman–Crippen MR) is 37.2 cm³/mol. The normalized spacial score (nSPS) is 10.9. The zero-order valence-corrected chi connectivity index (χ0v) is 5.10. The van der Waals surface area contributed by atoms with Gasteiger partial charge in [-0.05, 0) is 18.6 Å². The van der Waals surface area contributed by atoms with Crippen molar-refractivity contribution in [2.45, 2.75) is 6.92 Å². The Morgan fingerprint density at radius 1 is 1.75 bits per heavy atom. The molecule has 0 saturated carbocycles. The zero-order valence-electron chi connectivity index (χ0n) is 6.10. The molecule has 0 amide bonds. The molecule has 1 aromatic heterocycles. The molecule has 0 N–H and O–H groups in total. The fourth-order valence-electron chi connectivity index (χ4n) is 0.626. The standard InChI is InChI=1S/C6H8BN/c1-5-3-2-4-6(7)8-5/h2-4H,7H2,1H3/i2D. The lowest BCUT2D eigenvalue weighted by Crippen LogP contribution is -2.07. The van der Waals surface area contributed by atoms with E-state index in [0.29, 0.717) is 6.04 Å². The second-order valence-corrected chi connectivity index (χ2v) is 1.85. The summed E-state index contributed by atoms with van der Waals surface area (Å²) in [7, 11) is 1.89. The highest BCUT2D eigenvalue weighted by atomic mass is 14.7. The largest absolute Gasteiger partial charge is 0.269 e. The molecule has 1 heterocycles. The van der Waals surface area contributed by atoms with E-state index in [2.05, 4.69) is 4.98 Å². The number of aromatic nitrogens is 1. The van der Waals surface area contributed by atoms with Gasteiger partial charge in [0.05, 0.1) is 1.37 Å². The van der Waals surface area contributed by atoms with Crippen molar-refractivity contribution < 1.29 is 1.37 Å². The lowest BCUT2D eigenvalue weighted by atomic mass is 10.0. The summed E-state index contributed by atoms with van der Waals surface area (Å²) in [6.07, 6.45) is 0. The number of hydrogen-bond acceptors (Lipinski definition) is 1. The summed E-state index contributed by atoms with van der Waals surface area (Å²) in [5, 5.41) is 0. The molecule has 40 valence electrons. The maximum Gasteiger partial charge on any atom is 0.163 e. The van der Waals surface area contributed by atoms with Crippen molar-refractivity contribution in [3.8, 4) is 0 Å². The summed E-state index contributed by atoms with van der Waals surface area (Å²) in [6.45, 7) is 1.89. The van der Waals surface area contributed by atoms with Crippen molar-refractivity contribution in [2.24, 2.45) is 0 Å². The molecule has 1 nitrogen and oxygen atoms in total. The van der Waals surface area contributed by atoms with Crippen LogP contribution in [0.25, 0.3) is 0 Å². The fraction of sp³-hybridized carbons (Fsp3) is 0.167. The van der Waals surface area contributed by atoms with Crippen LogP contribution < -0.4 is 5.59 Å². The number of pyridine rings is 1. The Morgan fingerprint density at radius 2 is 2.50 bits per heavy atom. The van der Waals surface area contributed by atoms with Crippen LogP contribution in [-0.4, -0.2) is 12.8 Å². The molecule has 8 heavy (non-hydrogen) atoms. The van der Waals surface area contributed by atoms with Crippen molar-refractivity contribution in [3.05, 3.63) is 23.9 Å². The quantitative estimate of drug-likeness (QED) is 0.412. The van der Waals surface area contributed by atoms with Gasteiger partial charge in [0.1, 0.15) is 0 Å². The van der Waals surface area contributed by atoms with Gasteiger partial charge in [-0.2, -0.15) is 0 Å². The van der Waals surface area contributed by atoms with E-state index in [0.717, 1.165) is 11.3 Å². The summed E-state index contributed by atoms with van der Waals surface area (Å²) < 4.78 is 7.24. The van der Waals surface area contributed by atoms with Crippen LogP contribution in [0, 0.1) is 6.92 Å². The van der Waals surface area contributed by atoms with Crippen LogP contribution in [-0.2, 0) is 0 Å². The molecule has 0 aliphatic rings. The summed E-state index contributed by atoms with van der Waals surface area (Å²) >= 11 is 0. The fourth-order valence-corrected chi connectivity index (χ4v) is 0.626. The van der Waals surface area contributed by atoms with Crippen molar-refractivity contribution >= 4 is 13.4 Å². The average molecular weight is 106 g/mol. The first kappa shape index (κ1) is 4.13. The summed E-state index contributed by atoms with van der Waals surface area (Å²) in [6, 6.07) is 4.03. The third-order valence-electron chi connectivity index (χ3n) is 0.937. The molecule has 0 spiro atoms. The second-order valence-electron chi connectivity index (χ2n) is 1.85. The van der Waals surface area contributed by atoms with Crippen LogP contribution in [0.5, 0.6) is 0 Å². The SMILES string of the molecule is [2H]c1cc(B)nc(C)c1. The first-order valence-electron chi connectivity index (χ1n) is 3.10. The van der Waals surface area contributed by atoms with E-state index >= 15 is 0 Å². The van der Waals surface area contributed by atoms with Gasteiger partial charge < -0.3 is 0 Å². The Bertz CT molecular complexity index is 174. The molecule has 0 aliphatic carbocycles. The molecule has 0 bridgehead atoms. The number of rotatable bonds is 0. The second kappa shape index (κ2) is 1.99. The van der Waals surface area contributed by atoms with Crippen molar-refractivity contribution in [1.29, 1.82) is 0 Å². The number of aryl methyl sites for hydroxylation is 1. The van der Waals surface area contributed by atoms with Crippen LogP contribution >= 0.6 is 0 Å². The lowest BCUT2D eigenvalue weighted by molar-refractivity contribution is 1.24. The van der Waals surface area contributed by atoms with Crippen LogP contribution in [0.3, 0.4) is 0 Å². The topological polar surface area (TPSA) is 12.9 Å². The Kier molecular flexibility index (Phi) is 1.03. The van der Waals surface area contributed by atoms with E-state index in [1.807, 2.05) is 14.8 Å². The Morgan fingerprint density at radius 3 is 3.00 bits per heavy atom. The summed E-state index contributed by atoms with van der Waals surface area (Å²) in [5.74, 6) is 0. The smallest absolute Gasteiger partial charge is 0.163 e. The molecular weight excluding hydrogens is 96.9 g/mol. The van der Waals surface area contributed by atoms with Gasteiger partial charge in [0.2, 0.25) is 0 Å². The predicted octanol–water partition coefficient (Wildman–Crippen LogP) is -0.352. The van der Waals surface area contributed by atoms with Crippen LogP contribution in [0.2, 0.25) is 0 Å². The Labute approximate surface area is 51.6 Å². The van der Waals surface area contributed by atoms with Crippen molar-refractivity contribution in [3.63, 3.8) is 0 Å². The molecule has 0 fully saturated rings. The molecule has 1 rings (SSSR count). The molecule has 2 heteroatoms. The molecule has 1 aromatic rings. The first-order valence-corrected chi connectivity index (χ1v) is 2.60. The molecule has 0 saturated heterocycles. The zero-order chi connectivity index (χ0) is 6.85. The summed E-state index contributed by atoms with van der Waals surface area (Å²) in [4.78, 5) is 4.11. The molecule has 0 radical (unpaired) electrons. The maximum absolute atomic E-state index is 7.24. The van der Waals surface area contributed by atoms with Crippen LogP contribution in [0.1, 0.15) is 7.06 Å². The highest BCUT2D eigenvalue weighted by molar-refractivity contribution is 6.30. The maximum atomic E-state index is 7.24. The van der Waals surface area contributed by atoms with Gasteiger partial charge in [0.15, 0.2) is 7.85 Å². The molecule has 0 unspecified atom stereocenters. The van der Waals surface area contributed by atoms with Crippen LogP contribution in [0.4, 0.5) is 0 Å². The lowest BCUT2D eigenvalue weighted by Gasteiger charge is -1.90. The first-order chi connectivity index (χ1) is 4.18. The molecular formula is C6H8BN. The van der Waals surface area contributed by atoms with Gasteiger partial charge in [-0.3, -0.25) is 4.98 Å². The van der Waals surface area contributed by atoms with Crippen LogP contribution in [0.15, 0.2) is 18.2 Å². The van der Waals surface area contributed by atoms with Gasteiger partial charge in [-0.25, -0.2) is 0 Å². The average Bonchev–Trinajstić information content (AvgIpc) is 1.59. The van der Waals surface area contributed by atoms with Gasteiger partial charge in [-0.15, -0.1) is 0 Å². The molecule has 0 aromatic carbocycles. The number of hydrogen-bond donors (Lipinski definition) is 0. The van der Waals surface area contributed by atoms with E-state index < -0.39 is 0 Å². The van der Waals surface area contributed by atoms with Gasteiger partial charge >= 0.3 is 0 Å². The number of nitrogens with zero attached hydrogens (tertiary/aromatic N) is 1. The van der Waals surface area contributed by atoms with E-state index in [9.17, 15) is 0 Å². The summed E-state index contributed by atoms with van der Waals surface area (Å²) in [5.41, 5.74) is 1.83. The molecule has 0 aliphatic heterocycles. The molecule has 0 atom stereocenters. The third kappa shape index (κ3) is 1.09. The van der Waals surface area contributed by atoms with E-state index in [4.69, 9.17) is 1.37 Å². The minimum Gasteiger partial charge on any atom is -0.269 e. The van der Waals surface area contributed by atoms with E-state index in [1.54, 1.807) is 12.1 Å². The minimum atomic E-state index is 0.542. The van der Waals surface area contributed by atoms with E-state index in [1.165, 1.54) is 0 Å². The minimum absolute atomic E-state index is 0.542. The van der Waals surface area contributed by atoms with Gasteiger partial charge in [0, 0.05) is 5.69 Å². The highest BCUT2D eigenvalue weighted by Crippen LogP contribution is 1.83. The van der Waals surface area contributed by atoms with Crippen molar-refractivity contribution in [1.82, 2.24) is 4.98 Å².